The highest BCUT2D eigenvalue weighted by molar-refractivity contribution is 5.96. The summed E-state index contributed by atoms with van der Waals surface area (Å²) >= 11 is 0. The molecule has 2 aromatic rings. The van der Waals surface area contributed by atoms with Crippen LogP contribution in [0.2, 0.25) is 0 Å². The molecule has 3 rings (SSSR count). The Morgan fingerprint density at radius 2 is 1.85 bits per heavy atom. The van der Waals surface area contributed by atoms with E-state index in [1.807, 2.05) is 38.1 Å². The van der Waals surface area contributed by atoms with Gasteiger partial charge in [-0.3, -0.25) is 9.59 Å². The molecular formula is C21H24N2O3. The number of aryl methyl sites for hydroxylation is 1. The first-order valence-corrected chi connectivity index (χ1v) is 8.95. The molecule has 1 N–H and O–H groups in total. The first-order valence-electron chi connectivity index (χ1n) is 8.95. The normalized spacial score (nSPS) is 16.6. The molecule has 1 aliphatic rings. The van der Waals surface area contributed by atoms with Gasteiger partial charge in [-0.1, -0.05) is 17.7 Å². The van der Waals surface area contributed by atoms with E-state index in [1.54, 1.807) is 29.2 Å². The third-order valence-corrected chi connectivity index (χ3v) is 4.53. The Morgan fingerprint density at radius 3 is 2.50 bits per heavy atom. The molecule has 5 heteroatoms. The Morgan fingerprint density at radius 1 is 1.15 bits per heavy atom. The molecule has 0 spiro atoms. The van der Waals surface area contributed by atoms with Crippen molar-refractivity contribution in [3.63, 3.8) is 0 Å². The molecule has 0 radical (unpaired) electrons. The summed E-state index contributed by atoms with van der Waals surface area (Å²) in [5.41, 5.74) is 2.67. The Bertz CT molecular complexity index is 769. The number of amides is 2. The topological polar surface area (TPSA) is 58.6 Å². The average Bonchev–Trinajstić information content (AvgIpc) is 3.02. The van der Waals surface area contributed by atoms with Crippen LogP contribution >= 0.6 is 0 Å². The molecular weight excluding hydrogens is 328 g/mol. The zero-order valence-corrected chi connectivity index (χ0v) is 15.2. The predicted octanol–water partition coefficient (Wildman–Crippen LogP) is 3.18. The Kier molecular flexibility index (Phi) is 5.56. The lowest BCUT2D eigenvalue weighted by molar-refractivity contribution is -0.117. The van der Waals surface area contributed by atoms with Crippen molar-refractivity contribution in [3.8, 4) is 5.75 Å². The lowest BCUT2D eigenvalue weighted by atomic mass is 10.1. The van der Waals surface area contributed by atoms with E-state index in [4.69, 9.17) is 4.74 Å². The van der Waals surface area contributed by atoms with Gasteiger partial charge < -0.3 is 15.0 Å². The number of rotatable bonds is 6. The lowest BCUT2D eigenvalue weighted by Gasteiger charge is -2.17. The fraction of sp³-hybridized carbons (Fsp3) is 0.333. The average molecular weight is 352 g/mol. The summed E-state index contributed by atoms with van der Waals surface area (Å²) in [6, 6.07) is 15.0. The summed E-state index contributed by atoms with van der Waals surface area (Å²) in [4.78, 5) is 26.4. The van der Waals surface area contributed by atoms with Crippen LogP contribution in [0.4, 0.5) is 5.69 Å². The SMILES string of the molecule is CCOc1ccc(C(=O)NCC2CC(=O)N(c3ccc(C)cc3)C2)cc1. The van der Waals surface area contributed by atoms with Crippen molar-refractivity contribution < 1.29 is 14.3 Å². The summed E-state index contributed by atoms with van der Waals surface area (Å²) in [5.74, 6) is 0.845. The molecule has 5 nitrogen and oxygen atoms in total. The second-order valence-electron chi connectivity index (χ2n) is 6.58. The van der Waals surface area contributed by atoms with Crippen LogP contribution in [0.5, 0.6) is 5.75 Å². The van der Waals surface area contributed by atoms with Crippen molar-refractivity contribution in [1.82, 2.24) is 5.32 Å². The van der Waals surface area contributed by atoms with Crippen LogP contribution in [0.15, 0.2) is 48.5 Å². The number of nitrogens with zero attached hydrogens (tertiary/aromatic N) is 1. The van der Waals surface area contributed by atoms with Gasteiger partial charge in [-0.15, -0.1) is 0 Å². The quantitative estimate of drug-likeness (QED) is 0.869. The van der Waals surface area contributed by atoms with Crippen LogP contribution in [0.3, 0.4) is 0 Å². The summed E-state index contributed by atoms with van der Waals surface area (Å²) in [5, 5.41) is 2.94. The fourth-order valence-electron chi connectivity index (χ4n) is 3.10. The van der Waals surface area contributed by atoms with Gasteiger partial charge in [0.25, 0.3) is 5.91 Å². The van der Waals surface area contributed by atoms with Crippen molar-refractivity contribution >= 4 is 17.5 Å². The van der Waals surface area contributed by atoms with Gasteiger partial charge in [0.2, 0.25) is 5.91 Å². The number of hydrogen-bond donors (Lipinski definition) is 1. The van der Waals surface area contributed by atoms with E-state index in [-0.39, 0.29) is 17.7 Å². The molecule has 0 bridgehead atoms. The summed E-state index contributed by atoms with van der Waals surface area (Å²) in [6.07, 6.45) is 0.456. The molecule has 2 amide bonds. The molecule has 0 saturated carbocycles. The van der Waals surface area contributed by atoms with Crippen molar-refractivity contribution in [2.45, 2.75) is 20.3 Å². The number of nitrogens with one attached hydrogen (secondary N) is 1. The Labute approximate surface area is 154 Å². The molecule has 136 valence electrons. The van der Waals surface area contributed by atoms with Gasteiger partial charge in [-0.05, 0) is 50.2 Å². The van der Waals surface area contributed by atoms with Crippen molar-refractivity contribution in [3.05, 3.63) is 59.7 Å². The summed E-state index contributed by atoms with van der Waals surface area (Å²) < 4.78 is 5.38. The second kappa shape index (κ2) is 8.04. The number of ether oxygens (including phenoxy) is 1. The van der Waals surface area contributed by atoms with E-state index in [0.717, 1.165) is 11.4 Å². The molecule has 1 heterocycles. The van der Waals surface area contributed by atoms with Crippen LogP contribution in [0.25, 0.3) is 0 Å². The molecule has 0 aliphatic carbocycles. The molecule has 1 fully saturated rings. The largest absolute Gasteiger partial charge is 0.494 e. The Hall–Kier alpha value is -2.82. The maximum atomic E-state index is 12.3. The number of hydrogen-bond acceptors (Lipinski definition) is 3. The smallest absolute Gasteiger partial charge is 0.251 e. The lowest BCUT2D eigenvalue weighted by Crippen LogP contribution is -2.31. The number of carbonyl (C=O) groups is 2. The van der Waals surface area contributed by atoms with E-state index in [9.17, 15) is 9.59 Å². The maximum absolute atomic E-state index is 12.3. The van der Waals surface area contributed by atoms with E-state index < -0.39 is 0 Å². The van der Waals surface area contributed by atoms with Crippen LogP contribution in [-0.4, -0.2) is 31.5 Å². The molecule has 1 unspecified atom stereocenters. The van der Waals surface area contributed by atoms with E-state index in [0.29, 0.717) is 31.7 Å². The molecule has 1 aliphatic heterocycles. The second-order valence-corrected chi connectivity index (χ2v) is 6.58. The van der Waals surface area contributed by atoms with Gasteiger partial charge in [0.05, 0.1) is 6.61 Å². The van der Waals surface area contributed by atoms with Crippen LogP contribution in [0.1, 0.15) is 29.3 Å². The van der Waals surface area contributed by atoms with E-state index >= 15 is 0 Å². The summed E-state index contributed by atoms with van der Waals surface area (Å²) in [6.45, 7) is 5.66. The first kappa shape index (κ1) is 18.0. The first-order chi connectivity index (χ1) is 12.6. The highest BCUT2D eigenvalue weighted by Gasteiger charge is 2.30. The third-order valence-electron chi connectivity index (χ3n) is 4.53. The minimum Gasteiger partial charge on any atom is -0.494 e. The zero-order chi connectivity index (χ0) is 18.5. The van der Waals surface area contributed by atoms with E-state index in [2.05, 4.69) is 5.32 Å². The van der Waals surface area contributed by atoms with Gasteiger partial charge in [0, 0.05) is 36.7 Å². The Balaban J connectivity index is 1.54. The van der Waals surface area contributed by atoms with Gasteiger partial charge in [0.15, 0.2) is 0 Å². The van der Waals surface area contributed by atoms with E-state index in [1.165, 1.54) is 5.56 Å². The highest BCUT2D eigenvalue weighted by Crippen LogP contribution is 2.25. The zero-order valence-electron chi connectivity index (χ0n) is 15.2. The molecule has 1 saturated heterocycles. The highest BCUT2D eigenvalue weighted by atomic mass is 16.5. The molecule has 0 aromatic heterocycles. The minimum atomic E-state index is -0.130. The molecule has 1 atom stereocenters. The maximum Gasteiger partial charge on any atom is 0.251 e. The number of benzene rings is 2. The fourth-order valence-corrected chi connectivity index (χ4v) is 3.10. The third kappa shape index (κ3) is 4.23. The predicted molar refractivity (Wildman–Crippen MR) is 102 cm³/mol. The molecule has 2 aromatic carbocycles. The van der Waals surface area contributed by atoms with Gasteiger partial charge in [-0.2, -0.15) is 0 Å². The van der Waals surface area contributed by atoms with Crippen LogP contribution in [0, 0.1) is 12.8 Å². The van der Waals surface area contributed by atoms with Crippen molar-refractivity contribution in [2.24, 2.45) is 5.92 Å². The number of carbonyl (C=O) groups excluding carboxylic acids is 2. The molecule has 26 heavy (non-hydrogen) atoms. The monoisotopic (exact) mass is 352 g/mol. The summed E-state index contributed by atoms with van der Waals surface area (Å²) in [7, 11) is 0. The number of anilines is 1. The van der Waals surface area contributed by atoms with Gasteiger partial charge in [-0.25, -0.2) is 0 Å². The van der Waals surface area contributed by atoms with Crippen LogP contribution in [-0.2, 0) is 4.79 Å². The van der Waals surface area contributed by atoms with Crippen molar-refractivity contribution in [2.75, 3.05) is 24.6 Å². The van der Waals surface area contributed by atoms with Gasteiger partial charge >= 0.3 is 0 Å². The standard InChI is InChI=1S/C21H24N2O3/c1-3-26-19-10-6-17(7-11-19)21(25)22-13-16-12-20(24)23(14-16)18-8-4-15(2)5-9-18/h4-11,16H,3,12-14H2,1-2H3,(H,22,25). The minimum absolute atomic E-state index is 0.106. The van der Waals surface area contributed by atoms with Gasteiger partial charge in [0.1, 0.15) is 5.75 Å². The van der Waals surface area contributed by atoms with Crippen molar-refractivity contribution in [1.29, 1.82) is 0 Å². The van der Waals surface area contributed by atoms with Crippen LogP contribution < -0.4 is 15.0 Å².